The highest BCUT2D eigenvalue weighted by Gasteiger charge is 2.26. The fourth-order valence-electron chi connectivity index (χ4n) is 2.95. The summed E-state index contributed by atoms with van der Waals surface area (Å²) in [6.45, 7) is 2.47. The van der Waals surface area contributed by atoms with Gasteiger partial charge in [-0.2, -0.15) is 0 Å². The van der Waals surface area contributed by atoms with Crippen molar-refractivity contribution in [2.75, 3.05) is 13.7 Å². The highest BCUT2D eigenvalue weighted by molar-refractivity contribution is 9.10. The van der Waals surface area contributed by atoms with Gasteiger partial charge in [0.05, 0.1) is 29.1 Å². The van der Waals surface area contributed by atoms with Gasteiger partial charge in [-0.3, -0.25) is 9.79 Å². The molecule has 7 heteroatoms. The third-order valence-electron chi connectivity index (χ3n) is 4.11. The first-order chi connectivity index (χ1) is 12.1. The van der Waals surface area contributed by atoms with Crippen molar-refractivity contribution in [2.45, 2.75) is 38.6 Å². The molecule has 1 saturated heterocycles. The predicted octanol–water partition coefficient (Wildman–Crippen LogP) is 4.36. The summed E-state index contributed by atoms with van der Waals surface area (Å²) in [5.74, 6) is 1.19. The number of aliphatic imine (C=N–C) groups is 1. The van der Waals surface area contributed by atoms with E-state index in [9.17, 15) is 4.79 Å². The summed E-state index contributed by atoms with van der Waals surface area (Å²) in [6, 6.07) is 4.13. The van der Waals surface area contributed by atoms with E-state index in [-0.39, 0.29) is 5.91 Å². The molecule has 1 aromatic carbocycles. The van der Waals surface area contributed by atoms with Crippen molar-refractivity contribution in [2.24, 2.45) is 4.99 Å². The number of hydrogen-bond donors (Lipinski definition) is 1. The number of carbonyl (C=O) groups excluding carboxylic acids is 1. The fraction of sp³-hybridized carbons (Fsp3) is 0.444. The van der Waals surface area contributed by atoms with Crippen LogP contribution in [0.3, 0.4) is 0 Å². The van der Waals surface area contributed by atoms with Gasteiger partial charge in [0.2, 0.25) is 0 Å². The molecule has 25 heavy (non-hydrogen) atoms. The molecule has 0 spiro atoms. The summed E-state index contributed by atoms with van der Waals surface area (Å²) in [6.07, 6.45) is 6.52. The van der Waals surface area contributed by atoms with Crippen molar-refractivity contribution < 1.29 is 14.3 Å². The second-order valence-corrected chi connectivity index (χ2v) is 7.79. The third-order valence-corrected chi connectivity index (χ3v) is 5.63. The van der Waals surface area contributed by atoms with Crippen molar-refractivity contribution in [1.29, 1.82) is 0 Å². The maximum atomic E-state index is 12.2. The van der Waals surface area contributed by atoms with Gasteiger partial charge in [-0.15, -0.1) is 0 Å². The molecule has 1 aliphatic carbocycles. The normalized spacial score (nSPS) is 21.2. The number of thioether (sulfide) groups is 1. The van der Waals surface area contributed by atoms with Crippen molar-refractivity contribution in [1.82, 2.24) is 5.32 Å². The van der Waals surface area contributed by atoms with Crippen LogP contribution in [0, 0.1) is 0 Å². The number of benzene rings is 1. The summed E-state index contributed by atoms with van der Waals surface area (Å²) in [5.41, 5.74) is 0.868. The Morgan fingerprint density at radius 3 is 2.84 bits per heavy atom. The zero-order valence-corrected chi connectivity index (χ0v) is 16.7. The lowest BCUT2D eigenvalue weighted by Gasteiger charge is -2.12. The minimum atomic E-state index is -0.106. The first kappa shape index (κ1) is 18.3. The van der Waals surface area contributed by atoms with E-state index in [0.29, 0.717) is 34.2 Å². The number of rotatable bonds is 5. The molecular formula is C18H21BrN2O3S. The number of nitrogens with one attached hydrogen (secondary N) is 1. The molecule has 5 nitrogen and oxygen atoms in total. The molecule has 1 saturated carbocycles. The highest BCUT2D eigenvalue weighted by Crippen LogP contribution is 2.38. The van der Waals surface area contributed by atoms with E-state index in [1.165, 1.54) is 24.6 Å². The predicted molar refractivity (Wildman–Crippen MR) is 105 cm³/mol. The van der Waals surface area contributed by atoms with E-state index in [0.717, 1.165) is 22.9 Å². The lowest BCUT2D eigenvalue weighted by atomic mass is 10.2. The quantitative estimate of drug-likeness (QED) is 0.713. The molecule has 1 aromatic rings. The first-order valence-corrected chi connectivity index (χ1v) is 10.0. The summed E-state index contributed by atoms with van der Waals surface area (Å²) >= 11 is 4.91. The van der Waals surface area contributed by atoms with Crippen LogP contribution < -0.4 is 14.8 Å². The van der Waals surface area contributed by atoms with Crippen molar-refractivity contribution >= 4 is 44.8 Å². The van der Waals surface area contributed by atoms with Gasteiger partial charge in [-0.25, -0.2) is 0 Å². The fourth-order valence-corrected chi connectivity index (χ4v) is 4.41. The van der Waals surface area contributed by atoms with Gasteiger partial charge in [0, 0.05) is 0 Å². The van der Waals surface area contributed by atoms with Crippen molar-refractivity contribution in [3.05, 3.63) is 27.1 Å². The topological polar surface area (TPSA) is 59.9 Å². The standard InChI is InChI=1S/C18H21BrN2O3S/c1-3-24-16-13(19)8-11(9-14(16)23-2)10-15-17(22)21-18(25-15)20-12-6-4-5-7-12/h8-10,12H,3-7H2,1-2H3,(H,20,21,22)/b15-10+. The second kappa shape index (κ2) is 8.27. The molecule has 2 aliphatic rings. The number of amidine groups is 1. The van der Waals surface area contributed by atoms with Crippen LogP contribution in [-0.4, -0.2) is 30.8 Å². The Morgan fingerprint density at radius 1 is 1.40 bits per heavy atom. The molecule has 1 amide bonds. The number of amides is 1. The molecular weight excluding hydrogens is 404 g/mol. The average molecular weight is 425 g/mol. The van der Waals surface area contributed by atoms with E-state index in [2.05, 4.69) is 26.2 Å². The van der Waals surface area contributed by atoms with Gasteiger partial charge in [-0.1, -0.05) is 12.8 Å². The number of ether oxygens (including phenoxy) is 2. The van der Waals surface area contributed by atoms with Crippen molar-refractivity contribution in [3.63, 3.8) is 0 Å². The minimum absolute atomic E-state index is 0.106. The number of methoxy groups -OCH3 is 1. The maximum absolute atomic E-state index is 12.2. The molecule has 0 unspecified atom stereocenters. The summed E-state index contributed by atoms with van der Waals surface area (Å²) in [7, 11) is 1.60. The molecule has 134 valence electrons. The van der Waals surface area contributed by atoms with E-state index < -0.39 is 0 Å². The van der Waals surface area contributed by atoms with Gasteiger partial charge < -0.3 is 14.8 Å². The van der Waals surface area contributed by atoms with E-state index in [1.807, 2.05) is 25.1 Å². The van der Waals surface area contributed by atoms with Crippen LogP contribution in [0.4, 0.5) is 0 Å². The van der Waals surface area contributed by atoms with Crippen molar-refractivity contribution in [3.8, 4) is 11.5 Å². The minimum Gasteiger partial charge on any atom is -0.493 e. The third kappa shape index (κ3) is 4.39. The molecule has 3 rings (SSSR count). The monoisotopic (exact) mass is 424 g/mol. The molecule has 0 atom stereocenters. The lowest BCUT2D eigenvalue weighted by molar-refractivity contribution is -0.115. The number of carbonyl (C=O) groups is 1. The molecule has 0 radical (unpaired) electrons. The Kier molecular flexibility index (Phi) is 6.06. The second-order valence-electron chi connectivity index (χ2n) is 5.90. The van der Waals surface area contributed by atoms with Gasteiger partial charge in [-0.05, 0) is 71.2 Å². The Hall–Kier alpha value is -1.47. The van der Waals surface area contributed by atoms with Gasteiger partial charge in [0.15, 0.2) is 16.7 Å². The van der Waals surface area contributed by atoms with Gasteiger partial charge in [0.1, 0.15) is 0 Å². The zero-order valence-electron chi connectivity index (χ0n) is 14.3. The van der Waals surface area contributed by atoms with Crippen LogP contribution in [-0.2, 0) is 4.79 Å². The average Bonchev–Trinajstić information content (AvgIpc) is 3.20. The van der Waals surface area contributed by atoms with Crippen LogP contribution in [0.25, 0.3) is 6.08 Å². The number of halogens is 1. The van der Waals surface area contributed by atoms with Crippen LogP contribution in [0.5, 0.6) is 11.5 Å². The maximum Gasteiger partial charge on any atom is 0.264 e. The first-order valence-electron chi connectivity index (χ1n) is 8.39. The van der Waals surface area contributed by atoms with Gasteiger partial charge >= 0.3 is 0 Å². The SMILES string of the molecule is CCOc1c(Br)cc(/C=C2/SC(=NC3CCCC3)NC2=O)cc1OC. The summed E-state index contributed by atoms with van der Waals surface area (Å²) in [5, 5.41) is 3.57. The molecule has 1 heterocycles. The highest BCUT2D eigenvalue weighted by atomic mass is 79.9. The van der Waals surface area contributed by atoms with Crippen LogP contribution in [0.1, 0.15) is 38.2 Å². The van der Waals surface area contributed by atoms with Gasteiger partial charge in [0.25, 0.3) is 5.91 Å². The lowest BCUT2D eigenvalue weighted by Crippen LogP contribution is -2.21. The molecule has 0 aromatic heterocycles. The largest absolute Gasteiger partial charge is 0.493 e. The van der Waals surface area contributed by atoms with E-state index in [4.69, 9.17) is 9.47 Å². The molecule has 2 fully saturated rings. The molecule has 1 N–H and O–H groups in total. The van der Waals surface area contributed by atoms with Crippen LogP contribution >= 0.6 is 27.7 Å². The molecule has 0 bridgehead atoms. The number of hydrogen-bond acceptors (Lipinski definition) is 5. The Bertz CT molecular complexity index is 727. The number of nitrogens with zero attached hydrogens (tertiary/aromatic N) is 1. The Labute approximate surface area is 160 Å². The van der Waals surface area contributed by atoms with Crippen LogP contribution in [0.15, 0.2) is 26.5 Å². The Morgan fingerprint density at radius 2 is 2.16 bits per heavy atom. The Balaban J connectivity index is 1.82. The summed E-state index contributed by atoms with van der Waals surface area (Å²) < 4.78 is 11.8. The van der Waals surface area contributed by atoms with E-state index in [1.54, 1.807) is 7.11 Å². The molecule has 1 aliphatic heterocycles. The van der Waals surface area contributed by atoms with Crippen LogP contribution in [0.2, 0.25) is 0 Å². The zero-order chi connectivity index (χ0) is 17.8. The smallest absolute Gasteiger partial charge is 0.264 e. The van der Waals surface area contributed by atoms with E-state index >= 15 is 0 Å². The summed E-state index contributed by atoms with van der Waals surface area (Å²) in [4.78, 5) is 17.5.